The van der Waals surface area contributed by atoms with Gasteiger partial charge >= 0.3 is 0 Å². The number of carbonyl (C=O) groups is 2. The molecule has 2 aromatic rings. The number of nitrogens with two attached hydrogens (primary N) is 1. The largest absolute Gasteiger partial charge is 0.365 e. The van der Waals surface area contributed by atoms with Crippen molar-refractivity contribution in [3.05, 3.63) is 53.0 Å². The molecule has 2 heterocycles. The third-order valence-corrected chi connectivity index (χ3v) is 7.11. The molecule has 0 spiro atoms. The molecule has 2 fully saturated rings. The van der Waals surface area contributed by atoms with Crippen molar-refractivity contribution in [1.29, 1.82) is 0 Å². The number of likely N-dealkylation sites (tertiary alicyclic amines) is 1. The van der Waals surface area contributed by atoms with Crippen molar-refractivity contribution in [1.82, 2.24) is 14.7 Å². The van der Waals surface area contributed by atoms with Crippen LogP contribution in [0.1, 0.15) is 41.6 Å². The minimum Gasteiger partial charge on any atom is -0.365 e. The van der Waals surface area contributed by atoms with Crippen molar-refractivity contribution in [2.75, 3.05) is 35.9 Å². The van der Waals surface area contributed by atoms with Gasteiger partial charge < -0.3 is 15.9 Å². The van der Waals surface area contributed by atoms with Gasteiger partial charge in [0.1, 0.15) is 11.1 Å². The second-order valence-corrected chi connectivity index (χ2v) is 11.1. The lowest BCUT2D eigenvalue weighted by Gasteiger charge is -2.39. The van der Waals surface area contributed by atoms with E-state index in [1.165, 1.54) is 6.20 Å². The summed E-state index contributed by atoms with van der Waals surface area (Å²) in [5.74, 6) is -0.774. The molecule has 1 saturated heterocycles. The zero-order chi connectivity index (χ0) is 25.2. The molecule has 4 N–H and O–H groups in total. The molecule has 186 valence electrons. The average molecular weight is 500 g/mol. The highest BCUT2D eigenvalue weighted by Crippen LogP contribution is 2.34. The molecule has 1 aliphatic heterocycles. The number of carbonyl (C=O) groups excluding carboxylic acids is 2. The average Bonchev–Trinajstić information content (AvgIpc) is 3.56. The van der Waals surface area contributed by atoms with Crippen LogP contribution in [0.15, 0.2) is 30.5 Å². The summed E-state index contributed by atoms with van der Waals surface area (Å²) in [5, 5.41) is 7.23. The van der Waals surface area contributed by atoms with Gasteiger partial charge in [-0.3, -0.25) is 23.9 Å². The van der Waals surface area contributed by atoms with E-state index in [1.807, 2.05) is 12.1 Å². The van der Waals surface area contributed by atoms with Crippen molar-refractivity contribution in [2.24, 2.45) is 11.7 Å². The highest BCUT2D eigenvalue weighted by molar-refractivity contribution is 7.92. The number of piperidine rings is 1. The molecule has 4 rings (SSSR count). The Morgan fingerprint density at radius 2 is 1.94 bits per heavy atom. The number of rotatable bonds is 9. The Balaban J connectivity index is 1.52. The van der Waals surface area contributed by atoms with Crippen molar-refractivity contribution in [2.45, 2.75) is 37.8 Å². The number of hydrogen-bond donors (Lipinski definition) is 3. The first-order valence-electron chi connectivity index (χ1n) is 11.4. The molecule has 1 aliphatic carbocycles. The fourth-order valence-corrected chi connectivity index (χ4v) is 4.99. The standard InChI is InChI=1S/C23H29N7O4S/c1-25-15-23(30-14-18(20(24)31)21(27-30)26-22(32)16-7-8-16)9-11-29(12-10-23)13-17-5-3-4-6-19(17)28-35(2,33)34/h3-6,14,16,28H,7-13,15H2,2H3,(H2,24,31)(H,26,27,32). The number of para-hydroxylation sites is 1. The number of nitrogens with zero attached hydrogens (tertiary/aromatic N) is 4. The highest BCUT2D eigenvalue weighted by atomic mass is 32.2. The van der Waals surface area contributed by atoms with Gasteiger partial charge in [-0.1, -0.05) is 18.2 Å². The summed E-state index contributed by atoms with van der Waals surface area (Å²) in [4.78, 5) is 30.1. The lowest BCUT2D eigenvalue weighted by atomic mass is 9.87. The van der Waals surface area contributed by atoms with E-state index in [2.05, 4.69) is 24.9 Å². The molecule has 1 saturated carbocycles. The predicted octanol–water partition coefficient (Wildman–Crippen LogP) is 1.61. The molecular formula is C23H29N7O4S. The Morgan fingerprint density at radius 1 is 1.26 bits per heavy atom. The Kier molecular flexibility index (Phi) is 6.82. The molecule has 0 bridgehead atoms. The minimum atomic E-state index is -3.40. The van der Waals surface area contributed by atoms with Crippen LogP contribution in [-0.4, -0.2) is 60.8 Å². The van der Waals surface area contributed by atoms with Crippen LogP contribution in [-0.2, 0) is 26.9 Å². The van der Waals surface area contributed by atoms with Crippen LogP contribution >= 0.6 is 0 Å². The van der Waals surface area contributed by atoms with Gasteiger partial charge in [0.15, 0.2) is 5.82 Å². The Hall–Kier alpha value is -3.43. The molecule has 2 amide bonds. The lowest BCUT2D eigenvalue weighted by molar-refractivity contribution is -0.117. The van der Waals surface area contributed by atoms with Crippen molar-refractivity contribution in [3.8, 4) is 0 Å². The van der Waals surface area contributed by atoms with Crippen molar-refractivity contribution >= 4 is 33.3 Å². The number of aromatic nitrogens is 2. The summed E-state index contributed by atoms with van der Waals surface area (Å²) < 4.78 is 27.6. The molecule has 0 atom stereocenters. The van der Waals surface area contributed by atoms with Gasteiger partial charge in [0.2, 0.25) is 22.5 Å². The number of amides is 2. The van der Waals surface area contributed by atoms with Crippen LogP contribution in [0.2, 0.25) is 0 Å². The van der Waals surface area contributed by atoms with Crippen LogP contribution in [0.4, 0.5) is 11.5 Å². The Bertz CT molecular complexity index is 1270. The van der Waals surface area contributed by atoms with Gasteiger partial charge in [-0.05, 0) is 37.3 Å². The number of hydrogen-bond acceptors (Lipinski definition) is 6. The van der Waals surface area contributed by atoms with E-state index in [1.54, 1.807) is 16.8 Å². The molecule has 0 unspecified atom stereocenters. The summed E-state index contributed by atoms with van der Waals surface area (Å²) in [5.41, 5.74) is 6.44. The van der Waals surface area contributed by atoms with E-state index in [4.69, 9.17) is 12.3 Å². The molecule has 1 aromatic carbocycles. The summed E-state index contributed by atoms with van der Waals surface area (Å²) in [7, 11) is -3.40. The van der Waals surface area contributed by atoms with E-state index in [-0.39, 0.29) is 29.8 Å². The van der Waals surface area contributed by atoms with Gasteiger partial charge in [0.25, 0.3) is 5.91 Å². The van der Waals surface area contributed by atoms with Crippen LogP contribution in [0.3, 0.4) is 0 Å². The maximum Gasteiger partial charge on any atom is 0.254 e. The van der Waals surface area contributed by atoms with E-state index >= 15 is 0 Å². The molecule has 1 aromatic heterocycles. The lowest BCUT2D eigenvalue weighted by Crippen LogP contribution is -2.48. The number of nitrogens with one attached hydrogen (secondary N) is 2. The summed E-state index contributed by atoms with van der Waals surface area (Å²) in [6.07, 6.45) is 5.48. The number of sulfonamides is 1. The molecule has 12 heteroatoms. The van der Waals surface area contributed by atoms with Gasteiger partial charge in [0.05, 0.1) is 11.9 Å². The Morgan fingerprint density at radius 3 is 2.54 bits per heavy atom. The number of primary amides is 1. The monoisotopic (exact) mass is 499 g/mol. The SMILES string of the molecule is [C-]#[N+]CC1(n2cc(C(N)=O)c(NC(=O)C3CC3)n2)CCN(Cc2ccccc2NS(C)(=O)=O)CC1. The molecule has 11 nitrogen and oxygen atoms in total. The third-order valence-electron chi connectivity index (χ3n) is 6.52. The molecular weight excluding hydrogens is 470 g/mol. The zero-order valence-corrected chi connectivity index (χ0v) is 20.3. The fraction of sp³-hybridized carbons (Fsp3) is 0.478. The quantitative estimate of drug-likeness (QED) is 0.447. The van der Waals surface area contributed by atoms with Crippen LogP contribution < -0.4 is 15.8 Å². The van der Waals surface area contributed by atoms with Crippen LogP contribution in [0, 0.1) is 12.5 Å². The van der Waals surface area contributed by atoms with E-state index in [9.17, 15) is 18.0 Å². The van der Waals surface area contributed by atoms with Gasteiger partial charge in [0, 0.05) is 31.7 Å². The molecule has 0 radical (unpaired) electrons. The number of benzene rings is 1. The summed E-state index contributed by atoms with van der Waals surface area (Å²) in [6, 6.07) is 7.26. The second-order valence-electron chi connectivity index (χ2n) is 9.31. The summed E-state index contributed by atoms with van der Waals surface area (Å²) in [6.45, 7) is 9.51. The molecule has 2 aliphatic rings. The number of anilines is 2. The highest BCUT2D eigenvalue weighted by Gasteiger charge is 2.41. The first-order chi connectivity index (χ1) is 16.6. The van der Waals surface area contributed by atoms with Crippen LogP contribution in [0.25, 0.3) is 4.85 Å². The fourth-order valence-electron chi connectivity index (χ4n) is 4.39. The maximum absolute atomic E-state index is 12.3. The third kappa shape index (κ3) is 5.80. The topological polar surface area (TPSA) is 144 Å². The first-order valence-corrected chi connectivity index (χ1v) is 13.3. The minimum absolute atomic E-state index is 0.0543. The normalized spacial score (nSPS) is 17.9. The van der Waals surface area contributed by atoms with E-state index in [0.29, 0.717) is 38.2 Å². The second kappa shape index (κ2) is 9.67. The predicted molar refractivity (Wildman–Crippen MR) is 131 cm³/mol. The van der Waals surface area contributed by atoms with Gasteiger partial charge in [-0.15, -0.1) is 0 Å². The zero-order valence-electron chi connectivity index (χ0n) is 19.5. The van der Waals surface area contributed by atoms with Crippen molar-refractivity contribution in [3.63, 3.8) is 0 Å². The Labute approximate surface area is 204 Å². The smallest absolute Gasteiger partial charge is 0.254 e. The van der Waals surface area contributed by atoms with E-state index < -0.39 is 21.5 Å². The first kappa shape index (κ1) is 24.7. The molecule has 35 heavy (non-hydrogen) atoms. The van der Waals surface area contributed by atoms with Gasteiger partial charge in [-0.2, -0.15) is 5.10 Å². The maximum atomic E-state index is 12.3. The van der Waals surface area contributed by atoms with Crippen molar-refractivity contribution < 1.29 is 18.0 Å². The van der Waals surface area contributed by atoms with Gasteiger partial charge in [-0.25, -0.2) is 15.0 Å². The van der Waals surface area contributed by atoms with E-state index in [0.717, 1.165) is 24.7 Å². The van der Waals surface area contributed by atoms with Crippen LogP contribution in [0.5, 0.6) is 0 Å². The summed E-state index contributed by atoms with van der Waals surface area (Å²) >= 11 is 0.